The molecule has 0 aliphatic carbocycles. The van der Waals surface area contributed by atoms with E-state index in [-0.39, 0.29) is 48.9 Å². The fourth-order valence-electron chi connectivity index (χ4n) is 3.56. The van der Waals surface area contributed by atoms with Crippen LogP contribution in [0.15, 0.2) is 36.5 Å². The minimum atomic E-state index is -4.77. The number of imidazole rings is 1. The number of alkyl halides is 3. The molecule has 3 heterocycles. The average molecular weight is 485 g/mol. The minimum Gasteiger partial charge on any atom is -0.335 e. The first-order valence-electron chi connectivity index (χ1n) is 10.0. The number of rotatable bonds is 4. The molecule has 0 spiro atoms. The molecule has 33 heavy (non-hydrogen) atoms. The summed E-state index contributed by atoms with van der Waals surface area (Å²) in [6.07, 6.45) is -3.67. The second-order valence-corrected chi connectivity index (χ2v) is 9.69. The van der Waals surface area contributed by atoms with Crippen LogP contribution in [-0.2, 0) is 16.2 Å². The van der Waals surface area contributed by atoms with Gasteiger partial charge in [-0.05, 0) is 37.3 Å². The van der Waals surface area contributed by atoms with E-state index >= 15 is 0 Å². The molecule has 1 saturated heterocycles. The molecule has 0 radical (unpaired) electrons. The summed E-state index contributed by atoms with van der Waals surface area (Å²) >= 11 is 0. The van der Waals surface area contributed by atoms with Crippen molar-refractivity contribution in [1.29, 1.82) is 0 Å². The monoisotopic (exact) mass is 485 g/mol. The summed E-state index contributed by atoms with van der Waals surface area (Å²) < 4.78 is 80.5. The molecule has 1 fully saturated rings. The fraction of sp³-hybridized carbons (Fsp3) is 0.350. The number of halogens is 4. The smallest absolute Gasteiger partial charge is 0.335 e. The van der Waals surface area contributed by atoms with Gasteiger partial charge in [0, 0.05) is 31.7 Å². The lowest BCUT2D eigenvalue weighted by molar-refractivity contribution is -0.136. The van der Waals surface area contributed by atoms with E-state index in [2.05, 4.69) is 10.1 Å². The van der Waals surface area contributed by atoms with Crippen LogP contribution in [0, 0.1) is 5.82 Å². The van der Waals surface area contributed by atoms with Gasteiger partial charge in [-0.2, -0.15) is 22.6 Å². The molecule has 2 aromatic heterocycles. The Morgan fingerprint density at radius 1 is 1.09 bits per heavy atom. The lowest BCUT2D eigenvalue weighted by atomic mass is 10.1. The number of aromatic nitrogens is 3. The van der Waals surface area contributed by atoms with Gasteiger partial charge in [0.25, 0.3) is 5.91 Å². The number of benzene rings is 1. The normalized spacial score (nSPS) is 15.8. The van der Waals surface area contributed by atoms with Crippen LogP contribution in [0.4, 0.5) is 17.6 Å². The number of fused-ring (bicyclic) bond motifs is 1. The molecule has 1 aliphatic heterocycles. The highest BCUT2D eigenvalue weighted by Gasteiger charge is 2.36. The molecule has 1 amide bonds. The summed E-state index contributed by atoms with van der Waals surface area (Å²) in [5.41, 5.74) is -1.67. The highest BCUT2D eigenvalue weighted by molar-refractivity contribution is 7.89. The molecule has 8 nitrogen and oxygen atoms in total. The molecule has 1 aliphatic rings. The molecule has 13 heteroatoms. The van der Waals surface area contributed by atoms with Crippen molar-refractivity contribution in [1.82, 2.24) is 23.8 Å². The van der Waals surface area contributed by atoms with Crippen LogP contribution in [0.2, 0.25) is 0 Å². The number of amides is 1. The zero-order valence-electron chi connectivity index (χ0n) is 17.4. The Hall–Kier alpha value is -3.06. The van der Waals surface area contributed by atoms with Gasteiger partial charge >= 0.3 is 6.18 Å². The number of hydrogen-bond acceptors (Lipinski definition) is 5. The molecule has 0 unspecified atom stereocenters. The Morgan fingerprint density at radius 2 is 1.73 bits per heavy atom. The summed E-state index contributed by atoms with van der Waals surface area (Å²) in [5, 5.41) is 4.13. The van der Waals surface area contributed by atoms with Gasteiger partial charge in [-0.3, -0.25) is 4.79 Å². The van der Waals surface area contributed by atoms with E-state index in [1.165, 1.54) is 28.3 Å². The van der Waals surface area contributed by atoms with E-state index in [0.29, 0.717) is 0 Å². The first-order valence-corrected chi connectivity index (χ1v) is 11.6. The summed E-state index contributed by atoms with van der Waals surface area (Å²) in [7, 11) is -3.39. The predicted molar refractivity (Wildman–Crippen MR) is 110 cm³/mol. The zero-order valence-corrected chi connectivity index (χ0v) is 18.2. The maximum absolute atomic E-state index is 13.7. The van der Waals surface area contributed by atoms with Crippen molar-refractivity contribution in [3.63, 3.8) is 0 Å². The average Bonchev–Trinajstić information content (AvgIpc) is 3.22. The summed E-state index contributed by atoms with van der Waals surface area (Å²) in [4.78, 5) is 18.1. The number of hydrogen-bond donors (Lipinski definition) is 0. The second kappa shape index (κ2) is 8.37. The highest BCUT2D eigenvalue weighted by Crippen LogP contribution is 2.34. The van der Waals surface area contributed by atoms with E-state index in [1.54, 1.807) is 0 Å². The summed E-state index contributed by atoms with van der Waals surface area (Å²) in [5.74, 6) is -1.22. The molecule has 1 aromatic carbocycles. The van der Waals surface area contributed by atoms with Gasteiger partial charge in [0.1, 0.15) is 17.1 Å². The Morgan fingerprint density at radius 3 is 2.30 bits per heavy atom. The molecule has 3 aromatic rings. The maximum Gasteiger partial charge on any atom is 0.420 e. The Balaban J connectivity index is 1.67. The number of carbonyl (C=O) groups is 1. The zero-order chi connectivity index (χ0) is 24.0. The SMILES string of the molecule is CCS(=O)(=O)N1CCN(C(=O)c2cn3nc(-c4ccc(F)cc4)cc(C(F)(F)F)c3n2)CC1. The van der Waals surface area contributed by atoms with Crippen molar-refractivity contribution in [3.05, 3.63) is 53.6 Å². The quantitative estimate of drug-likeness (QED) is 0.531. The number of sulfonamides is 1. The first kappa shape index (κ1) is 23.1. The van der Waals surface area contributed by atoms with Crippen molar-refractivity contribution in [2.75, 3.05) is 31.9 Å². The van der Waals surface area contributed by atoms with Crippen LogP contribution in [0.3, 0.4) is 0 Å². The summed E-state index contributed by atoms with van der Waals surface area (Å²) in [6.45, 7) is 1.89. The molecule has 4 rings (SSSR count). The lowest BCUT2D eigenvalue weighted by Gasteiger charge is -2.33. The van der Waals surface area contributed by atoms with E-state index in [1.807, 2.05) is 0 Å². The Labute approximate surface area is 186 Å². The minimum absolute atomic E-state index is 0.0599. The molecular formula is C20H19F4N5O3S. The van der Waals surface area contributed by atoms with Gasteiger partial charge in [0.15, 0.2) is 5.65 Å². The number of piperazine rings is 1. The standard InChI is InChI=1S/C20H19F4N5O3S/c1-2-33(31,32)28-9-7-27(8-10-28)19(30)17-12-29-18(25-17)15(20(22,23)24)11-16(26-29)13-3-5-14(21)6-4-13/h3-6,11-12H,2,7-10H2,1H3. The predicted octanol–water partition coefficient (Wildman–Crippen LogP) is 2.66. The highest BCUT2D eigenvalue weighted by atomic mass is 32.2. The second-order valence-electron chi connectivity index (χ2n) is 7.43. The van der Waals surface area contributed by atoms with Crippen molar-refractivity contribution in [2.45, 2.75) is 13.1 Å². The van der Waals surface area contributed by atoms with Gasteiger partial charge in [-0.25, -0.2) is 22.3 Å². The summed E-state index contributed by atoms with van der Waals surface area (Å²) in [6, 6.07) is 5.62. The van der Waals surface area contributed by atoms with Crippen LogP contribution in [0.25, 0.3) is 16.9 Å². The molecule has 0 atom stereocenters. The third-order valence-corrected chi connectivity index (χ3v) is 7.26. The molecule has 0 N–H and O–H groups in total. The largest absolute Gasteiger partial charge is 0.420 e. The van der Waals surface area contributed by atoms with Gasteiger partial charge in [0.05, 0.1) is 17.6 Å². The van der Waals surface area contributed by atoms with Gasteiger partial charge in [0.2, 0.25) is 10.0 Å². The molecule has 176 valence electrons. The van der Waals surface area contributed by atoms with Crippen molar-refractivity contribution in [3.8, 4) is 11.3 Å². The van der Waals surface area contributed by atoms with Gasteiger partial charge in [-0.15, -0.1) is 0 Å². The van der Waals surface area contributed by atoms with E-state index in [0.717, 1.165) is 28.9 Å². The Bertz CT molecular complexity index is 1300. The molecular weight excluding hydrogens is 466 g/mol. The maximum atomic E-state index is 13.7. The van der Waals surface area contributed by atoms with Crippen LogP contribution in [0.1, 0.15) is 23.0 Å². The van der Waals surface area contributed by atoms with E-state index < -0.39 is 39.1 Å². The van der Waals surface area contributed by atoms with E-state index in [9.17, 15) is 30.8 Å². The van der Waals surface area contributed by atoms with Crippen molar-refractivity contribution in [2.24, 2.45) is 0 Å². The van der Waals surface area contributed by atoms with Crippen molar-refractivity contribution < 1.29 is 30.8 Å². The number of nitrogens with zero attached hydrogens (tertiary/aromatic N) is 5. The topological polar surface area (TPSA) is 87.9 Å². The molecule has 0 saturated carbocycles. The third kappa shape index (κ3) is 4.55. The van der Waals surface area contributed by atoms with Crippen LogP contribution < -0.4 is 0 Å². The Kier molecular flexibility index (Phi) is 5.86. The number of carbonyl (C=O) groups excluding carboxylic acids is 1. The van der Waals surface area contributed by atoms with Gasteiger partial charge in [-0.1, -0.05) is 0 Å². The molecule has 0 bridgehead atoms. The van der Waals surface area contributed by atoms with Crippen LogP contribution >= 0.6 is 0 Å². The first-order chi connectivity index (χ1) is 15.5. The van der Waals surface area contributed by atoms with Crippen LogP contribution in [0.5, 0.6) is 0 Å². The third-order valence-electron chi connectivity index (χ3n) is 5.37. The van der Waals surface area contributed by atoms with E-state index in [4.69, 9.17) is 0 Å². The fourth-order valence-corrected chi connectivity index (χ4v) is 4.65. The van der Waals surface area contributed by atoms with Gasteiger partial charge < -0.3 is 4.90 Å². The lowest BCUT2D eigenvalue weighted by Crippen LogP contribution is -2.50. The van der Waals surface area contributed by atoms with Crippen LogP contribution in [-0.4, -0.2) is 70.1 Å². The van der Waals surface area contributed by atoms with Crippen molar-refractivity contribution >= 4 is 21.6 Å².